The Morgan fingerprint density at radius 2 is 1.66 bits per heavy atom. The first-order valence-electron chi connectivity index (χ1n) is 9.71. The van der Waals surface area contributed by atoms with Gasteiger partial charge in [-0.3, -0.25) is 24.6 Å². The van der Waals surface area contributed by atoms with Gasteiger partial charge in [0.25, 0.3) is 11.8 Å². The molecule has 2 atom stereocenters. The van der Waals surface area contributed by atoms with Gasteiger partial charge in [-0.2, -0.15) is 0 Å². The highest BCUT2D eigenvalue weighted by Gasteiger charge is 2.28. The molecule has 0 aliphatic rings. The molecule has 1 rings (SSSR count). The van der Waals surface area contributed by atoms with Crippen LogP contribution >= 0.6 is 15.9 Å². The molecule has 0 heterocycles. The van der Waals surface area contributed by atoms with Crippen molar-refractivity contribution in [3.63, 3.8) is 0 Å². The van der Waals surface area contributed by atoms with Crippen molar-refractivity contribution in [1.82, 2.24) is 21.1 Å². The minimum Gasteiger partial charge on any atom is -0.480 e. The van der Waals surface area contributed by atoms with Gasteiger partial charge in [0.05, 0.1) is 5.33 Å². The highest BCUT2D eigenvalue weighted by atomic mass is 79.9. The number of carboxylic acid groups (broad SMARTS) is 1. The molecule has 0 aliphatic heterocycles. The molecule has 11 nitrogen and oxygen atoms in total. The fourth-order valence-corrected chi connectivity index (χ4v) is 2.73. The highest BCUT2D eigenvalue weighted by molar-refractivity contribution is 9.09. The number of rotatable bonds is 10. The molecule has 1 aromatic carbocycles. The fourth-order valence-electron chi connectivity index (χ4n) is 2.42. The molecule has 0 bridgehead atoms. The number of nitrogens with zero attached hydrogens (tertiary/aromatic N) is 1. The topological polar surface area (TPSA) is 154 Å². The molecule has 0 radical (unpaired) electrons. The fraction of sp³-hybridized carbons (Fsp3) is 0.450. The Balaban J connectivity index is 2.67. The van der Waals surface area contributed by atoms with Crippen LogP contribution in [0.1, 0.15) is 26.3 Å². The second-order valence-electron chi connectivity index (χ2n) is 7.14. The third kappa shape index (κ3) is 9.33. The number of ether oxygens (including phenoxy) is 1. The van der Waals surface area contributed by atoms with Gasteiger partial charge in [0.1, 0.15) is 25.2 Å². The Bertz CT molecular complexity index is 819. The standard InChI is InChI=1S/C20H27BrN4O7/c1-12(2)17(23-20(31)32-11-14-7-5-4-6-8-14)19(30)22-13(3)18(29)24-25(10-16(27)28)15(26)9-21/h4-8,12-13,17H,9-11H2,1-3H3,(H,22,30)(H,23,31)(H,24,29)(H,27,28)/t13-,17-/m0/s1. The molecule has 1 aromatic rings. The van der Waals surface area contributed by atoms with Gasteiger partial charge < -0.3 is 20.5 Å². The van der Waals surface area contributed by atoms with Gasteiger partial charge in [-0.05, 0) is 18.4 Å². The number of benzene rings is 1. The number of aliphatic carboxylic acids is 1. The van der Waals surface area contributed by atoms with Gasteiger partial charge >= 0.3 is 12.1 Å². The SMILES string of the molecule is CC(C)[C@H](NC(=O)OCc1ccccc1)C(=O)N[C@@H](C)C(=O)NN(CC(=O)O)C(=O)CBr. The number of carboxylic acids is 1. The number of hydrogen-bond donors (Lipinski definition) is 4. The number of alkyl halides is 1. The summed E-state index contributed by atoms with van der Waals surface area (Å²) in [5, 5.41) is 14.2. The molecule has 0 saturated heterocycles. The third-order valence-electron chi connectivity index (χ3n) is 4.14. The van der Waals surface area contributed by atoms with E-state index in [0.717, 1.165) is 5.56 Å². The number of alkyl carbamates (subject to hydrolysis) is 1. The van der Waals surface area contributed by atoms with Crippen molar-refractivity contribution in [3.05, 3.63) is 35.9 Å². The molecule has 0 aromatic heterocycles. The summed E-state index contributed by atoms with van der Waals surface area (Å²) in [5.41, 5.74) is 2.94. The van der Waals surface area contributed by atoms with E-state index in [1.54, 1.807) is 38.1 Å². The lowest BCUT2D eigenvalue weighted by molar-refractivity contribution is -0.149. The second kappa shape index (κ2) is 13.3. The predicted octanol–water partition coefficient (Wildman–Crippen LogP) is 0.781. The number of carbonyl (C=O) groups is 5. The summed E-state index contributed by atoms with van der Waals surface area (Å²) in [6, 6.07) is 6.89. The van der Waals surface area contributed by atoms with Crippen LogP contribution in [0.4, 0.5) is 4.79 Å². The molecule has 0 unspecified atom stereocenters. The maximum Gasteiger partial charge on any atom is 0.408 e. The van der Waals surface area contributed by atoms with E-state index >= 15 is 0 Å². The van der Waals surface area contributed by atoms with E-state index in [2.05, 4.69) is 32.0 Å². The Kier molecular flexibility index (Phi) is 11.2. The minimum absolute atomic E-state index is 0.0267. The second-order valence-corrected chi connectivity index (χ2v) is 7.70. The van der Waals surface area contributed by atoms with Crippen molar-refractivity contribution in [2.75, 3.05) is 11.9 Å². The first-order valence-corrected chi connectivity index (χ1v) is 10.8. The minimum atomic E-state index is -1.32. The van der Waals surface area contributed by atoms with Gasteiger partial charge in [-0.15, -0.1) is 0 Å². The molecule has 176 valence electrons. The summed E-state index contributed by atoms with van der Waals surface area (Å²) in [6.45, 7) is 4.04. The van der Waals surface area contributed by atoms with Gasteiger partial charge in [0.15, 0.2) is 0 Å². The van der Waals surface area contributed by atoms with Crippen molar-refractivity contribution in [2.24, 2.45) is 5.92 Å². The van der Waals surface area contributed by atoms with E-state index in [0.29, 0.717) is 5.01 Å². The first-order chi connectivity index (χ1) is 15.0. The molecule has 4 N–H and O–H groups in total. The van der Waals surface area contributed by atoms with Crippen molar-refractivity contribution in [3.8, 4) is 0 Å². The third-order valence-corrected chi connectivity index (χ3v) is 4.62. The number of carbonyl (C=O) groups excluding carboxylic acids is 4. The molecular formula is C20H27BrN4O7. The van der Waals surface area contributed by atoms with E-state index in [1.807, 2.05) is 6.07 Å². The van der Waals surface area contributed by atoms with Crippen molar-refractivity contribution >= 4 is 45.7 Å². The number of halogens is 1. The average Bonchev–Trinajstić information content (AvgIpc) is 2.74. The van der Waals surface area contributed by atoms with Crippen LogP contribution in [0, 0.1) is 5.92 Å². The number of amides is 4. The lowest BCUT2D eigenvalue weighted by Crippen LogP contribution is -2.58. The Labute approximate surface area is 194 Å². The van der Waals surface area contributed by atoms with Gasteiger partial charge in [-0.1, -0.05) is 60.1 Å². The lowest BCUT2D eigenvalue weighted by Gasteiger charge is -2.25. The van der Waals surface area contributed by atoms with Gasteiger partial charge in [0, 0.05) is 0 Å². The summed E-state index contributed by atoms with van der Waals surface area (Å²) in [5.74, 6) is -3.77. The molecule has 12 heteroatoms. The number of nitrogens with one attached hydrogen (secondary N) is 3. The quantitative estimate of drug-likeness (QED) is 0.265. The predicted molar refractivity (Wildman–Crippen MR) is 117 cm³/mol. The van der Waals surface area contributed by atoms with E-state index in [-0.39, 0.29) is 17.9 Å². The van der Waals surface area contributed by atoms with Crippen LogP contribution in [0.15, 0.2) is 30.3 Å². The zero-order valence-corrected chi connectivity index (χ0v) is 19.5. The Morgan fingerprint density at radius 3 is 2.19 bits per heavy atom. The zero-order chi connectivity index (χ0) is 24.3. The summed E-state index contributed by atoms with van der Waals surface area (Å²) in [6.07, 6.45) is -0.796. The Morgan fingerprint density at radius 1 is 1.03 bits per heavy atom. The molecule has 0 fully saturated rings. The zero-order valence-electron chi connectivity index (χ0n) is 18.0. The number of hydrogen-bond acceptors (Lipinski definition) is 6. The average molecular weight is 515 g/mol. The van der Waals surface area contributed by atoms with E-state index in [1.165, 1.54) is 6.92 Å². The van der Waals surface area contributed by atoms with Crippen molar-refractivity contribution < 1.29 is 33.8 Å². The lowest BCUT2D eigenvalue weighted by atomic mass is 10.0. The van der Waals surface area contributed by atoms with Crippen LogP contribution in [0.3, 0.4) is 0 Å². The summed E-state index contributed by atoms with van der Waals surface area (Å²) in [7, 11) is 0. The van der Waals surface area contributed by atoms with Gasteiger partial charge in [-0.25, -0.2) is 9.80 Å². The van der Waals surface area contributed by atoms with Crippen molar-refractivity contribution in [2.45, 2.75) is 39.5 Å². The van der Waals surface area contributed by atoms with E-state index < -0.39 is 48.4 Å². The maximum atomic E-state index is 12.6. The van der Waals surface area contributed by atoms with Crippen LogP contribution in [-0.2, 0) is 30.5 Å². The monoisotopic (exact) mass is 514 g/mol. The normalized spacial score (nSPS) is 12.3. The number of hydrazine groups is 1. The Hall–Kier alpha value is -3.15. The maximum absolute atomic E-state index is 12.6. The molecule has 0 spiro atoms. The van der Waals surface area contributed by atoms with E-state index in [4.69, 9.17) is 9.84 Å². The van der Waals surface area contributed by atoms with Gasteiger partial charge in [0.2, 0.25) is 5.91 Å². The van der Waals surface area contributed by atoms with Crippen LogP contribution in [0.2, 0.25) is 0 Å². The largest absolute Gasteiger partial charge is 0.480 e. The van der Waals surface area contributed by atoms with Crippen LogP contribution in [0.25, 0.3) is 0 Å². The van der Waals surface area contributed by atoms with Crippen LogP contribution < -0.4 is 16.1 Å². The van der Waals surface area contributed by atoms with E-state index in [9.17, 15) is 24.0 Å². The highest BCUT2D eigenvalue weighted by Crippen LogP contribution is 2.05. The van der Waals surface area contributed by atoms with Crippen LogP contribution in [-0.4, -0.2) is 63.9 Å². The summed E-state index contributed by atoms with van der Waals surface area (Å²) < 4.78 is 5.13. The molecule has 4 amide bonds. The van der Waals surface area contributed by atoms with Crippen LogP contribution in [0.5, 0.6) is 0 Å². The molecule has 0 aliphatic carbocycles. The molecule has 32 heavy (non-hydrogen) atoms. The first kappa shape index (κ1) is 26.9. The summed E-state index contributed by atoms with van der Waals surface area (Å²) in [4.78, 5) is 59.7. The molecular weight excluding hydrogens is 488 g/mol. The smallest absolute Gasteiger partial charge is 0.408 e. The molecule has 0 saturated carbocycles. The summed E-state index contributed by atoms with van der Waals surface area (Å²) >= 11 is 2.90. The van der Waals surface area contributed by atoms with Crippen molar-refractivity contribution in [1.29, 1.82) is 0 Å².